The first-order valence-electron chi connectivity index (χ1n) is 14.7. The molecule has 0 spiro atoms. The molecule has 1 rings (SSSR count). The first kappa shape index (κ1) is 36.5. The molecule has 228 valence electrons. The third-order valence-corrected chi connectivity index (χ3v) is 14.7. The van der Waals surface area contributed by atoms with Crippen LogP contribution in [-0.4, -0.2) is 85.9 Å². The van der Waals surface area contributed by atoms with Crippen LogP contribution in [-0.2, 0) is 58.0 Å². The standard InChI is InChI=1S/C27H54O9Si3/c1-10-28-37(29-11-2,30-12-3)22-25-19-26(23-38(31-13-4,32-14-5)33-15-6)21-27(20-25)24-39(34-16-7,35-17-8)36-18-9/h19-21H,10-18,22-24H2,1-9H3. The lowest BCUT2D eigenvalue weighted by Gasteiger charge is -2.31. The summed E-state index contributed by atoms with van der Waals surface area (Å²) in [5.41, 5.74) is 3.18. The van der Waals surface area contributed by atoms with Gasteiger partial charge in [-0.15, -0.1) is 0 Å². The van der Waals surface area contributed by atoms with Crippen molar-refractivity contribution in [2.75, 3.05) is 59.5 Å². The topological polar surface area (TPSA) is 83.1 Å². The normalized spacial score (nSPS) is 12.8. The zero-order chi connectivity index (χ0) is 29.2. The molecule has 12 heteroatoms. The van der Waals surface area contributed by atoms with Crippen molar-refractivity contribution in [3.05, 3.63) is 34.9 Å². The van der Waals surface area contributed by atoms with Gasteiger partial charge < -0.3 is 39.8 Å². The second-order valence-electron chi connectivity index (χ2n) is 8.63. The van der Waals surface area contributed by atoms with E-state index in [1.54, 1.807) is 0 Å². The van der Waals surface area contributed by atoms with Gasteiger partial charge in [-0.25, -0.2) is 0 Å². The van der Waals surface area contributed by atoms with E-state index in [9.17, 15) is 0 Å². The molecule has 0 aliphatic carbocycles. The number of hydrogen-bond acceptors (Lipinski definition) is 9. The minimum absolute atomic E-state index is 0.517. The summed E-state index contributed by atoms with van der Waals surface area (Å²) in [6.07, 6.45) is 0. The number of rotatable bonds is 24. The van der Waals surface area contributed by atoms with Crippen molar-refractivity contribution in [1.29, 1.82) is 0 Å². The molecule has 0 heterocycles. The van der Waals surface area contributed by atoms with Crippen molar-refractivity contribution >= 4 is 26.4 Å². The van der Waals surface area contributed by atoms with E-state index in [1.165, 1.54) is 0 Å². The highest BCUT2D eigenvalue weighted by atomic mass is 28.4. The molecule has 39 heavy (non-hydrogen) atoms. The van der Waals surface area contributed by atoms with E-state index in [0.717, 1.165) is 16.7 Å². The summed E-state index contributed by atoms with van der Waals surface area (Å²) in [4.78, 5) is 0. The lowest BCUT2D eigenvalue weighted by atomic mass is 10.1. The average molecular weight is 607 g/mol. The number of hydrogen-bond donors (Lipinski definition) is 0. The molecule has 0 radical (unpaired) electrons. The van der Waals surface area contributed by atoms with E-state index in [-0.39, 0.29) is 0 Å². The predicted octanol–water partition coefficient (Wildman–Crippen LogP) is 5.08. The molecule has 1 aromatic rings. The molecule has 0 bridgehead atoms. The second kappa shape index (κ2) is 19.6. The maximum absolute atomic E-state index is 6.19. The fourth-order valence-electron chi connectivity index (χ4n) is 4.71. The Kier molecular flexibility index (Phi) is 18.4. The van der Waals surface area contributed by atoms with Crippen molar-refractivity contribution in [2.24, 2.45) is 0 Å². The second-order valence-corrected chi connectivity index (χ2v) is 16.4. The van der Waals surface area contributed by atoms with Crippen LogP contribution in [0.1, 0.15) is 79.0 Å². The molecule has 0 N–H and O–H groups in total. The molecule has 1 aromatic carbocycles. The van der Waals surface area contributed by atoms with E-state index in [1.807, 2.05) is 62.3 Å². The van der Waals surface area contributed by atoms with Crippen LogP contribution < -0.4 is 0 Å². The molecule has 0 aliphatic rings. The zero-order valence-electron chi connectivity index (χ0n) is 25.9. The van der Waals surface area contributed by atoms with Gasteiger partial charge in [0.05, 0.1) is 0 Å². The Morgan fingerprint density at radius 2 is 0.487 bits per heavy atom. The SMILES string of the molecule is CCO[Si](Cc1cc(C[Si](OCC)(OCC)OCC)cc(C[Si](OCC)(OCC)OCC)c1)(OCC)OCC. The van der Waals surface area contributed by atoms with Crippen LogP contribution in [0.2, 0.25) is 0 Å². The van der Waals surface area contributed by atoms with Crippen molar-refractivity contribution in [2.45, 2.75) is 80.4 Å². The molecule has 0 atom stereocenters. The molecular formula is C27H54O9Si3. The molecule has 0 fully saturated rings. The molecule has 0 saturated heterocycles. The summed E-state index contributed by atoms with van der Waals surface area (Å²) >= 11 is 0. The van der Waals surface area contributed by atoms with Crippen molar-refractivity contribution in [3.63, 3.8) is 0 Å². The fourth-order valence-corrected chi connectivity index (χ4v) is 12.4. The van der Waals surface area contributed by atoms with E-state index in [0.29, 0.717) is 77.6 Å². The van der Waals surface area contributed by atoms with Gasteiger partial charge >= 0.3 is 26.4 Å². The third-order valence-electron chi connectivity index (χ3n) is 5.65. The molecule has 0 amide bonds. The quantitative estimate of drug-likeness (QED) is 0.150. The van der Waals surface area contributed by atoms with Crippen LogP contribution >= 0.6 is 0 Å². The summed E-state index contributed by atoms with van der Waals surface area (Å²) < 4.78 is 55.7. The van der Waals surface area contributed by atoms with Gasteiger partial charge in [0.1, 0.15) is 0 Å². The Morgan fingerprint density at radius 1 is 0.333 bits per heavy atom. The Labute approximate surface area is 240 Å². The first-order chi connectivity index (χ1) is 18.8. The van der Waals surface area contributed by atoms with Crippen LogP contribution in [0, 0.1) is 0 Å². The number of benzene rings is 1. The van der Waals surface area contributed by atoms with E-state index in [4.69, 9.17) is 39.8 Å². The largest absolute Gasteiger partial charge is 0.505 e. The van der Waals surface area contributed by atoms with Crippen LogP contribution in [0.5, 0.6) is 0 Å². The monoisotopic (exact) mass is 606 g/mol. The van der Waals surface area contributed by atoms with E-state index >= 15 is 0 Å². The van der Waals surface area contributed by atoms with Crippen LogP contribution in [0.4, 0.5) is 0 Å². The Bertz CT molecular complexity index is 622. The minimum Gasteiger partial charge on any atom is -0.374 e. The van der Waals surface area contributed by atoms with Gasteiger partial charge in [0.25, 0.3) is 0 Å². The highest BCUT2D eigenvalue weighted by Crippen LogP contribution is 2.26. The van der Waals surface area contributed by atoms with Gasteiger partial charge in [-0.2, -0.15) is 0 Å². The molecule has 0 aromatic heterocycles. The molecule has 9 nitrogen and oxygen atoms in total. The lowest BCUT2D eigenvalue weighted by Crippen LogP contribution is -2.50. The highest BCUT2D eigenvalue weighted by molar-refractivity contribution is 6.61. The first-order valence-corrected chi connectivity index (χ1v) is 20.4. The van der Waals surface area contributed by atoms with Crippen LogP contribution in [0.15, 0.2) is 18.2 Å². The van der Waals surface area contributed by atoms with E-state index in [2.05, 4.69) is 18.2 Å². The maximum atomic E-state index is 6.19. The van der Waals surface area contributed by atoms with Crippen molar-refractivity contribution in [3.8, 4) is 0 Å². The molecule has 0 saturated carbocycles. The summed E-state index contributed by atoms with van der Waals surface area (Å²) in [5, 5.41) is 0. The summed E-state index contributed by atoms with van der Waals surface area (Å²) in [7, 11) is -8.87. The van der Waals surface area contributed by atoms with Gasteiger partial charge in [0.15, 0.2) is 0 Å². The lowest BCUT2D eigenvalue weighted by molar-refractivity contribution is 0.0700. The highest BCUT2D eigenvalue weighted by Gasteiger charge is 2.44. The fraction of sp³-hybridized carbons (Fsp3) is 0.778. The van der Waals surface area contributed by atoms with Gasteiger partial charge in [-0.05, 0) is 79.0 Å². The Balaban J connectivity index is 3.68. The molecule has 0 aliphatic heterocycles. The smallest absolute Gasteiger partial charge is 0.374 e. The summed E-state index contributed by atoms with van der Waals surface area (Å²) in [6.45, 7) is 22.4. The summed E-state index contributed by atoms with van der Waals surface area (Å²) in [5.74, 6) is 0. The van der Waals surface area contributed by atoms with Crippen LogP contribution in [0.25, 0.3) is 0 Å². The van der Waals surface area contributed by atoms with Crippen LogP contribution in [0.3, 0.4) is 0 Å². The van der Waals surface area contributed by atoms with Crippen molar-refractivity contribution in [1.82, 2.24) is 0 Å². The van der Waals surface area contributed by atoms with Gasteiger partial charge in [-0.3, -0.25) is 0 Å². The molecule has 0 unspecified atom stereocenters. The Hall–Kier alpha value is -0.489. The van der Waals surface area contributed by atoms with Gasteiger partial charge in [-0.1, -0.05) is 18.2 Å². The predicted molar refractivity (Wildman–Crippen MR) is 159 cm³/mol. The van der Waals surface area contributed by atoms with Gasteiger partial charge in [0, 0.05) is 77.6 Å². The van der Waals surface area contributed by atoms with Gasteiger partial charge in [0.2, 0.25) is 0 Å². The third kappa shape index (κ3) is 12.1. The summed E-state index contributed by atoms with van der Waals surface area (Å²) in [6, 6.07) is 8.15. The zero-order valence-corrected chi connectivity index (χ0v) is 28.9. The molecular weight excluding hydrogens is 553 g/mol. The van der Waals surface area contributed by atoms with Crippen molar-refractivity contribution < 1.29 is 39.8 Å². The minimum atomic E-state index is -2.96. The van der Waals surface area contributed by atoms with E-state index < -0.39 is 26.4 Å². The maximum Gasteiger partial charge on any atom is 0.505 e. The average Bonchev–Trinajstić information content (AvgIpc) is 2.85. The Morgan fingerprint density at radius 3 is 0.615 bits per heavy atom.